The van der Waals surface area contributed by atoms with Gasteiger partial charge in [-0.15, -0.1) is 0 Å². The summed E-state index contributed by atoms with van der Waals surface area (Å²) in [7, 11) is 0. The van der Waals surface area contributed by atoms with Gasteiger partial charge in [0.05, 0.1) is 0 Å². The Labute approximate surface area is 189 Å². The van der Waals surface area contributed by atoms with Gasteiger partial charge in [0.25, 0.3) is 0 Å². The second-order valence-corrected chi connectivity index (χ2v) is 10.8. The van der Waals surface area contributed by atoms with Crippen molar-refractivity contribution in [2.45, 2.75) is 109 Å². The van der Waals surface area contributed by atoms with Crippen LogP contribution in [0.3, 0.4) is 0 Å². The van der Waals surface area contributed by atoms with Crippen LogP contribution in [0.2, 0.25) is 0 Å². The topological polar surface area (TPSA) is 36.4 Å². The highest BCUT2D eigenvalue weighted by Gasteiger charge is 2.31. The standard InChI is InChI=1S/C28H41N3/c1-19-15-23-10-6-9-22(13-14-26(23)29-18-19)25-17-21-8-3-4-11-24(16-21)31-28(25)27-12-5-7-20(2)30-27/h6,10,17-18,20,22-24,27,30-31H,3-5,7-9,11-16H2,1-2H3/b10-6+. The van der Waals surface area contributed by atoms with Crippen LogP contribution >= 0.6 is 0 Å². The molecule has 1 saturated heterocycles. The van der Waals surface area contributed by atoms with Crippen molar-refractivity contribution in [3.63, 3.8) is 0 Å². The molecule has 5 atom stereocenters. The van der Waals surface area contributed by atoms with Crippen LogP contribution in [0.1, 0.15) is 90.9 Å². The first kappa shape index (κ1) is 21.2. The summed E-state index contributed by atoms with van der Waals surface area (Å²) in [6.07, 6.45) is 24.9. The second kappa shape index (κ2) is 9.48. The van der Waals surface area contributed by atoms with Gasteiger partial charge in [-0.3, -0.25) is 4.99 Å². The monoisotopic (exact) mass is 419 g/mol. The lowest BCUT2D eigenvalue weighted by Gasteiger charge is -2.35. The summed E-state index contributed by atoms with van der Waals surface area (Å²) in [4.78, 5) is 4.86. The summed E-state index contributed by atoms with van der Waals surface area (Å²) in [5.74, 6) is 1.13. The van der Waals surface area contributed by atoms with Crippen LogP contribution in [-0.4, -0.2) is 23.8 Å². The smallest absolute Gasteiger partial charge is 0.0474 e. The maximum absolute atomic E-state index is 4.86. The lowest BCUT2D eigenvalue weighted by molar-refractivity contribution is 0.341. The zero-order valence-corrected chi connectivity index (χ0v) is 19.6. The van der Waals surface area contributed by atoms with E-state index in [1.165, 1.54) is 75.5 Å². The Bertz CT molecular complexity index is 827. The van der Waals surface area contributed by atoms with Crippen molar-refractivity contribution in [1.29, 1.82) is 0 Å². The summed E-state index contributed by atoms with van der Waals surface area (Å²) in [5.41, 5.74) is 7.69. The van der Waals surface area contributed by atoms with Crippen LogP contribution in [0.15, 0.2) is 51.8 Å². The summed E-state index contributed by atoms with van der Waals surface area (Å²) < 4.78 is 0. The van der Waals surface area contributed by atoms with E-state index in [1.807, 2.05) is 0 Å². The molecule has 168 valence electrons. The van der Waals surface area contributed by atoms with Crippen LogP contribution in [0.25, 0.3) is 0 Å². The first-order valence-corrected chi connectivity index (χ1v) is 13.0. The van der Waals surface area contributed by atoms with Gasteiger partial charge < -0.3 is 10.6 Å². The van der Waals surface area contributed by atoms with Crippen LogP contribution in [0.4, 0.5) is 0 Å². The predicted molar refractivity (Wildman–Crippen MR) is 131 cm³/mol. The number of piperidine rings is 1. The first-order chi connectivity index (χ1) is 15.2. The molecule has 1 saturated carbocycles. The van der Waals surface area contributed by atoms with Gasteiger partial charge in [-0.25, -0.2) is 0 Å². The van der Waals surface area contributed by atoms with E-state index in [0.717, 1.165) is 12.8 Å². The van der Waals surface area contributed by atoms with E-state index in [9.17, 15) is 0 Å². The number of hydrogen-bond donors (Lipinski definition) is 2. The van der Waals surface area contributed by atoms with E-state index in [2.05, 4.69) is 48.9 Å². The molecule has 31 heavy (non-hydrogen) atoms. The average molecular weight is 420 g/mol. The van der Waals surface area contributed by atoms with Crippen molar-refractivity contribution in [3.05, 3.63) is 46.8 Å². The number of allylic oxidation sites excluding steroid dienone is 5. The number of nitrogens with one attached hydrogen (secondary N) is 2. The maximum atomic E-state index is 4.86. The van der Waals surface area contributed by atoms with E-state index in [0.29, 0.717) is 30.0 Å². The molecule has 2 N–H and O–H groups in total. The van der Waals surface area contributed by atoms with Gasteiger partial charge in [0.15, 0.2) is 0 Å². The molecule has 2 bridgehead atoms. The number of nitrogens with zero attached hydrogens (tertiary/aromatic N) is 1. The zero-order valence-electron chi connectivity index (χ0n) is 19.6. The molecule has 5 aliphatic rings. The first-order valence-electron chi connectivity index (χ1n) is 13.0. The van der Waals surface area contributed by atoms with E-state index in [4.69, 9.17) is 4.99 Å². The summed E-state index contributed by atoms with van der Waals surface area (Å²) in [6.45, 7) is 4.58. The van der Waals surface area contributed by atoms with Crippen molar-refractivity contribution in [3.8, 4) is 0 Å². The second-order valence-electron chi connectivity index (χ2n) is 10.8. The van der Waals surface area contributed by atoms with Gasteiger partial charge in [0.2, 0.25) is 0 Å². The fourth-order valence-corrected chi connectivity index (χ4v) is 6.49. The normalized spacial score (nSPS) is 37.6. The van der Waals surface area contributed by atoms with Gasteiger partial charge in [-0.1, -0.05) is 35.8 Å². The predicted octanol–water partition coefficient (Wildman–Crippen LogP) is 6.35. The van der Waals surface area contributed by atoms with Crippen LogP contribution in [0, 0.1) is 11.8 Å². The highest BCUT2D eigenvalue weighted by molar-refractivity contribution is 5.90. The Balaban J connectivity index is 1.48. The largest absolute Gasteiger partial charge is 0.384 e. The number of hydrogen-bond acceptors (Lipinski definition) is 3. The van der Waals surface area contributed by atoms with Crippen molar-refractivity contribution < 1.29 is 0 Å². The lowest BCUT2D eigenvalue weighted by atomic mass is 9.80. The molecule has 0 amide bonds. The molecular weight excluding hydrogens is 378 g/mol. The minimum Gasteiger partial charge on any atom is -0.384 e. The molecule has 5 unspecified atom stereocenters. The third-order valence-corrected chi connectivity index (χ3v) is 8.20. The molecule has 0 spiro atoms. The SMILES string of the molecule is CC1=CN=C2CCC(C3=C(C4CCCC(C)N4)NC4CCCCC(=C3)C4)C/C=C/C2C1. The Morgan fingerprint density at radius 1 is 1.00 bits per heavy atom. The Hall–Kier alpha value is -1.61. The maximum Gasteiger partial charge on any atom is 0.0474 e. The van der Waals surface area contributed by atoms with Crippen molar-refractivity contribution >= 4 is 5.71 Å². The molecule has 2 fully saturated rings. The summed E-state index contributed by atoms with van der Waals surface area (Å²) >= 11 is 0. The number of fused-ring (bicyclic) bond motifs is 3. The Morgan fingerprint density at radius 3 is 2.84 bits per heavy atom. The third kappa shape index (κ3) is 4.92. The van der Waals surface area contributed by atoms with Crippen LogP contribution < -0.4 is 10.6 Å². The average Bonchev–Trinajstić information content (AvgIpc) is 3.08. The van der Waals surface area contributed by atoms with Gasteiger partial charge in [0, 0.05) is 41.7 Å². The van der Waals surface area contributed by atoms with E-state index in [-0.39, 0.29) is 0 Å². The van der Waals surface area contributed by atoms with E-state index >= 15 is 0 Å². The van der Waals surface area contributed by atoms with E-state index in [1.54, 1.807) is 16.8 Å². The van der Waals surface area contributed by atoms with Crippen molar-refractivity contribution in [2.24, 2.45) is 16.8 Å². The molecule has 2 aliphatic carbocycles. The summed E-state index contributed by atoms with van der Waals surface area (Å²) in [5, 5.41) is 8.08. The van der Waals surface area contributed by atoms with Gasteiger partial charge in [0.1, 0.15) is 0 Å². The lowest BCUT2D eigenvalue weighted by Crippen LogP contribution is -2.47. The summed E-state index contributed by atoms with van der Waals surface area (Å²) in [6, 6.07) is 1.75. The van der Waals surface area contributed by atoms with Gasteiger partial charge in [-0.2, -0.15) is 0 Å². The van der Waals surface area contributed by atoms with Crippen LogP contribution in [-0.2, 0) is 0 Å². The molecule has 0 aromatic heterocycles. The number of rotatable bonds is 2. The molecule has 5 rings (SSSR count). The molecule has 3 heterocycles. The highest BCUT2D eigenvalue weighted by atomic mass is 15.0. The molecular formula is C28H41N3. The Kier molecular flexibility index (Phi) is 6.50. The quantitative estimate of drug-likeness (QED) is 0.511. The fourth-order valence-electron chi connectivity index (χ4n) is 6.49. The molecule has 3 nitrogen and oxygen atoms in total. The number of aliphatic imine (C=N–C) groups is 1. The Morgan fingerprint density at radius 2 is 1.94 bits per heavy atom. The third-order valence-electron chi connectivity index (χ3n) is 8.20. The highest BCUT2D eigenvalue weighted by Crippen LogP contribution is 2.37. The minimum absolute atomic E-state index is 0.496. The molecule has 0 aromatic rings. The molecule has 3 aliphatic heterocycles. The fraction of sp³-hybridized carbons (Fsp3) is 0.679. The van der Waals surface area contributed by atoms with Crippen LogP contribution in [0.5, 0.6) is 0 Å². The van der Waals surface area contributed by atoms with Crippen molar-refractivity contribution in [1.82, 2.24) is 10.6 Å². The molecule has 0 aromatic carbocycles. The van der Waals surface area contributed by atoms with Gasteiger partial charge >= 0.3 is 0 Å². The van der Waals surface area contributed by atoms with E-state index < -0.39 is 0 Å². The molecule has 0 radical (unpaired) electrons. The minimum atomic E-state index is 0.496. The molecule has 3 heteroatoms. The van der Waals surface area contributed by atoms with Crippen molar-refractivity contribution in [2.75, 3.05) is 0 Å². The van der Waals surface area contributed by atoms with Gasteiger partial charge in [-0.05, 0) is 96.0 Å². The zero-order chi connectivity index (χ0) is 21.2.